The Labute approximate surface area is 87.6 Å². The van der Waals surface area contributed by atoms with Crippen LogP contribution in [-0.4, -0.2) is 6.29 Å². The topological polar surface area (TPSA) is 17.1 Å². The lowest BCUT2D eigenvalue weighted by molar-refractivity contribution is -0.108. The van der Waals surface area contributed by atoms with E-state index in [0.717, 1.165) is 19.1 Å². The number of hydrogen-bond donors (Lipinski definition) is 0. The third-order valence-corrected chi connectivity index (χ3v) is 3.57. The van der Waals surface area contributed by atoms with E-state index in [4.69, 9.17) is 0 Å². The van der Waals surface area contributed by atoms with Gasteiger partial charge in [0.1, 0.15) is 6.29 Å². The fourth-order valence-corrected chi connectivity index (χ4v) is 2.67. The van der Waals surface area contributed by atoms with Gasteiger partial charge in [0.25, 0.3) is 0 Å². The molecule has 0 aromatic rings. The van der Waals surface area contributed by atoms with Crippen LogP contribution < -0.4 is 0 Å². The summed E-state index contributed by atoms with van der Waals surface area (Å²) in [5.41, 5.74) is 1.81. The van der Waals surface area contributed by atoms with Crippen LogP contribution in [0, 0.1) is 11.3 Å². The van der Waals surface area contributed by atoms with Crippen molar-refractivity contribution in [3.05, 3.63) is 12.2 Å². The number of aldehydes is 1. The van der Waals surface area contributed by atoms with Crippen molar-refractivity contribution in [2.75, 3.05) is 0 Å². The summed E-state index contributed by atoms with van der Waals surface area (Å²) in [5, 5.41) is 0. The molecule has 0 heterocycles. The van der Waals surface area contributed by atoms with Gasteiger partial charge in [-0.3, -0.25) is 0 Å². The second-order valence-electron chi connectivity index (χ2n) is 5.15. The van der Waals surface area contributed by atoms with Crippen molar-refractivity contribution in [1.82, 2.24) is 0 Å². The van der Waals surface area contributed by atoms with Crippen LogP contribution in [0.5, 0.6) is 0 Å². The smallest absolute Gasteiger partial charge is 0.119 e. The molecule has 0 bridgehead atoms. The first kappa shape index (κ1) is 11.5. The molecule has 1 heteroatoms. The van der Waals surface area contributed by atoms with Crippen molar-refractivity contribution in [2.45, 2.75) is 52.4 Å². The van der Waals surface area contributed by atoms with Gasteiger partial charge in [0.05, 0.1) is 0 Å². The Hall–Kier alpha value is -0.590. The molecule has 1 rings (SSSR count). The molecular formula is C13H22O. The molecule has 0 radical (unpaired) electrons. The van der Waals surface area contributed by atoms with Crippen LogP contribution in [0.4, 0.5) is 0 Å². The van der Waals surface area contributed by atoms with Gasteiger partial charge in [-0.05, 0) is 43.4 Å². The molecule has 1 atom stereocenters. The number of rotatable bonds is 4. The van der Waals surface area contributed by atoms with Crippen molar-refractivity contribution in [3.63, 3.8) is 0 Å². The zero-order valence-electron chi connectivity index (χ0n) is 9.51. The largest absolute Gasteiger partial charge is 0.303 e. The van der Waals surface area contributed by atoms with Gasteiger partial charge in [-0.25, -0.2) is 0 Å². The minimum atomic E-state index is 0.401. The summed E-state index contributed by atoms with van der Waals surface area (Å²) >= 11 is 0. The number of allylic oxidation sites excluding steroid dienone is 1. The van der Waals surface area contributed by atoms with Crippen LogP contribution in [0.2, 0.25) is 0 Å². The average molecular weight is 194 g/mol. The first-order valence-corrected chi connectivity index (χ1v) is 5.69. The molecule has 1 nitrogen and oxygen atoms in total. The van der Waals surface area contributed by atoms with Crippen LogP contribution in [0.3, 0.4) is 0 Å². The van der Waals surface area contributed by atoms with Crippen LogP contribution in [0.25, 0.3) is 0 Å². The standard InChI is InChI=1S/C13H22O/c1-11-7-6-9-13(2,3)12(11)8-4-5-10-14/h10,12H,1,4-9H2,2-3H3/t12-/m0/s1. The molecule has 1 saturated carbocycles. The summed E-state index contributed by atoms with van der Waals surface area (Å²) in [7, 11) is 0. The second kappa shape index (κ2) is 4.77. The molecule has 14 heavy (non-hydrogen) atoms. The van der Waals surface area contributed by atoms with E-state index in [1.165, 1.54) is 24.8 Å². The number of carbonyl (C=O) groups excluding carboxylic acids is 1. The molecule has 0 aromatic carbocycles. The van der Waals surface area contributed by atoms with E-state index in [2.05, 4.69) is 20.4 Å². The highest BCUT2D eigenvalue weighted by atomic mass is 16.1. The Bertz CT molecular complexity index is 215. The van der Waals surface area contributed by atoms with E-state index >= 15 is 0 Å². The van der Waals surface area contributed by atoms with Gasteiger partial charge >= 0.3 is 0 Å². The van der Waals surface area contributed by atoms with Crippen molar-refractivity contribution < 1.29 is 4.79 Å². The summed E-state index contributed by atoms with van der Waals surface area (Å²) in [4.78, 5) is 10.3. The Kier molecular flexibility index (Phi) is 3.91. The minimum absolute atomic E-state index is 0.401. The third-order valence-electron chi connectivity index (χ3n) is 3.57. The molecule has 0 aromatic heterocycles. The van der Waals surface area contributed by atoms with Crippen LogP contribution in [0.15, 0.2) is 12.2 Å². The summed E-state index contributed by atoms with van der Waals surface area (Å²) < 4.78 is 0. The maximum absolute atomic E-state index is 10.3. The van der Waals surface area contributed by atoms with Gasteiger partial charge in [0.2, 0.25) is 0 Å². The number of hydrogen-bond acceptors (Lipinski definition) is 1. The van der Waals surface area contributed by atoms with Crippen molar-refractivity contribution in [1.29, 1.82) is 0 Å². The minimum Gasteiger partial charge on any atom is -0.303 e. The van der Waals surface area contributed by atoms with Crippen molar-refractivity contribution in [2.24, 2.45) is 11.3 Å². The van der Waals surface area contributed by atoms with E-state index in [0.29, 0.717) is 17.8 Å². The zero-order valence-corrected chi connectivity index (χ0v) is 9.51. The molecule has 1 aliphatic carbocycles. The lowest BCUT2D eigenvalue weighted by Crippen LogP contribution is -2.29. The maximum Gasteiger partial charge on any atom is 0.119 e. The summed E-state index contributed by atoms with van der Waals surface area (Å²) in [6.07, 6.45) is 7.68. The highest BCUT2D eigenvalue weighted by Gasteiger charge is 2.33. The van der Waals surface area contributed by atoms with Gasteiger partial charge in [-0.2, -0.15) is 0 Å². The van der Waals surface area contributed by atoms with Crippen molar-refractivity contribution >= 4 is 6.29 Å². The van der Waals surface area contributed by atoms with Crippen molar-refractivity contribution in [3.8, 4) is 0 Å². The van der Waals surface area contributed by atoms with Gasteiger partial charge in [-0.1, -0.05) is 26.0 Å². The molecule has 0 spiro atoms. The summed E-state index contributed by atoms with van der Waals surface area (Å²) in [6.45, 7) is 8.85. The summed E-state index contributed by atoms with van der Waals surface area (Å²) in [5.74, 6) is 0.635. The lowest BCUT2D eigenvalue weighted by atomic mass is 9.65. The first-order chi connectivity index (χ1) is 6.58. The quantitative estimate of drug-likeness (QED) is 0.378. The molecule has 0 N–H and O–H groups in total. The fraction of sp³-hybridized carbons (Fsp3) is 0.769. The predicted octanol–water partition coefficient (Wildman–Crippen LogP) is 3.74. The van der Waals surface area contributed by atoms with Crippen LogP contribution >= 0.6 is 0 Å². The molecule has 80 valence electrons. The van der Waals surface area contributed by atoms with E-state index in [1.54, 1.807) is 0 Å². The molecule has 0 aliphatic heterocycles. The Balaban J connectivity index is 2.52. The highest BCUT2D eigenvalue weighted by molar-refractivity contribution is 5.49. The van der Waals surface area contributed by atoms with E-state index in [-0.39, 0.29) is 0 Å². The normalized spacial score (nSPS) is 26.1. The third kappa shape index (κ3) is 2.70. The fourth-order valence-electron chi connectivity index (χ4n) is 2.67. The molecule has 0 unspecified atom stereocenters. The molecule has 1 fully saturated rings. The van der Waals surface area contributed by atoms with Gasteiger partial charge in [0, 0.05) is 6.42 Å². The van der Waals surface area contributed by atoms with Gasteiger partial charge in [0.15, 0.2) is 0 Å². The Morgan fingerprint density at radius 1 is 1.57 bits per heavy atom. The SMILES string of the molecule is C=C1CCCC(C)(C)[C@H]1CCCC=O. The Morgan fingerprint density at radius 3 is 2.86 bits per heavy atom. The predicted molar refractivity (Wildman–Crippen MR) is 60.2 cm³/mol. The first-order valence-electron chi connectivity index (χ1n) is 5.69. The van der Waals surface area contributed by atoms with Crippen LogP contribution in [0.1, 0.15) is 52.4 Å². The van der Waals surface area contributed by atoms with Gasteiger partial charge < -0.3 is 4.79 Å². The van der Waals surface area contributed by atoms with Crippen LogP contribution in [-0.2, 0) is 4.79 Å². The molecule has 1 aliphatic rings. The number of unbranched alkanes of at least 4 members (excludes halogenated alkanes) is 1. The monoisotopic (exact) mass is 194 g/mol. The van der Waals surface area contributed by atoms with E-state index in [1.807, 2.05) is 0 Å². The average Bonchev–Trinajstić information content (AvgIpc) is 2.09. The number of carbonyl (C=O) groups is 1. The lowest BCUT2D eigenvalue weighted by Gasteiger charge is -2.40. The summed E-state index contributed by atoms with van der Waals surface area (Å²) in [6, 6.07) is 0. The van der Waals surface area contributed by atoms with E-state index in [9.17, 15) is 4.79 Å². The van der Waals surface area contributed by atoms with E-state index < -0.39 is 0 Å². The molecule has 0 amide bonds. The second-order valence-corrected chi connectivity index (χ2v) is 5.15. The molecular weight excluding hydrogens is 172 g/mol. The Morgan fingerprint density at radius 2 is 2.29 bits per heavy atom. The highest BCUT2D eigenvalue weighted by Crippen LogP contribution is 2.45. The maximum atomic E-state index is 10.3. The van der Waals surface area contributed by atoms with Gasteiger partial charge in [-0.15, -0.1) is 0 Å². The molecule has 0 saturated heterocycles. The zero-order chi connectivity index (χ0) is 10.6.